The minimum atomic E-state index is -0.374. The van der Waals surface area contributed by atoms with E-state index in [0.29, 0.717) is 12.8 Å². The molecule has 0 aliphatic rings. The molecule has 6 nitrogen and oxygen atoms in total. The van der Waals surface area contributed by atoms with Crippen molar-refractivity contribution < 1.29 is 30.0 Å². The average molecular weight is 318 g/mol. The van der Waals surface area contributed by atoms with Crippen molar-refractivity contribution in [1.29, 1.82) is 0 Å². The summed E-state index contributed by atoms with van der Waals surface area (Å²) in [6.45, 7) is 0.171. The van der Waals surface area contributed by atoms with Gasteiger partial charge in [-0.15, -0.1) is 0 Å². The monoisotopic (exact) mass is 318 g/mol. The van der Waals surface area contributed by atoms with Crippen LogP contribution in [0.2, 0.25) is 0 Å². The van der Waals surface area contributed by atoms with Gasteiger partial charge >= 0.3 is 5.97 Å². The second-order valence-corrected chi connectivity index (χ2v) is 5.12. The molecule has 0 amide bonds. The van der Waals surface area contributed by atoms with E-state index in [9.17, 15) is 25.2 Å². The van der Waals surface area contributed by atoms with E-state index in [4.69, 9.17) is 4.74 Å². The number of carbonyl (C=O) groups excluding carboxylic acids is 1. The van der Waals surface area contributed by atoms with Crippen LogP contribution < -0.4 is 0 Å². The van der Waals surface area contributed by atoms with E-state index in [2.05, 4.69) is 0 Å². The molecule has 2 aromatic carbocycles. The summed E-state index contributed by atoms with van der Waals surface area (Å²) in [5.41, 5.74) is 1.47. The van der Waals surface area contributed by atoms with Crippen molar-refractivity contribution in [3.8, 4) is 23.0 Å². The Hall–Kier alpha value is -2.89. The number of carbonyl (C=O) groups is 1. The van der Waals surface area contributed by atoms with Crippen molar-refractivity contribution in [2.45, 2.75) is 19.3 Å². The first kappa shape index (κ1) is 16.5. The lowest BCUT2D eigenvalue weighted by Crippen LogP contribution is -2.08. The average Bonchev–Trinajstić information content (AvgIpc) is 2.52. The summed E-state index contributed by atoms with van der Waals surface area (Å²) in [6.07, 6.45) is 0.983. The van der Waals surface area contributed by atoms with Crippen LogP contribution in [-0.4, -0.2) is 33.0 Å². The Kier molecular flexibility index (Phi) is 5.30. The van der Waals surface area contributed by atoms with Crippen LogP contribution in [-0.2, 0) is 22.4 Å². The lowest BCUT2D eigenvalue weighted by molar-refractivity contribution is -0.143. The fourth-order valence-electron chi connectivity index (χ4n) is 2.05. The second kappa shape index (κ2) is 7.40. The Bertz CT molecular complexity index is 695. The molecule has 0 bridgehead atoms. The van der Waals surface area contributed by atoms with Gasteiger partial charge in [0, 0.05) is 12.8 Å². The predicted molar refractivity (Wildman–Crippen MR) is 82.5 cm³/mol. The number of hydrogen-bond acceptors (Lipinski definition) is 6. The highest BCUT2D eigenvalue weighted by atomic mass is 16.5. The van der Waals surface area contributed by atoms with Crippen molar-refractivity contribution >= 4 is 5.97 Å². The molecule has 0 radical (unpaired) electrons. The number of phenols is 4. The highest BCUT2D eigenvalue weighted by molar-refractivity contribution is 5.69. The first-order valence-corrected chi connectivity index (χ1v) is 7.13. The van der Waals surface area contributed by atoms with Crippen LogP contribution >= 0.6 is 0 Å². The van der Waals surface area contributed by atoms with Crippen molar-refractivity contribution in [1.82, 2.24) is 0 Å². The molecule has 0 aliphatic carbocycles. The molecule has 0 saturated carbocycles. The fourth-order valence-corrected chi connectivity index (χ4v) is 2.05. The van der Waals surface area contributed by atoms with Crippen molar-refractivity contribution in [3.63, 3.8) is 0 Å². The Morgan fingerprint density at radius 1 is 0.783 bits per heavy atom. The molecule has 0 aromatic heterocycles. The fraction of sp³-hybridized carbons (Fsp3) is 0.235. The molecule has 122 valence electrons. The zero-order valence-corrected chi connectivity index (χ0v) is 12.4. The molecule has 23 heavy (non-hydrogen) atoms. The van der Waals surface area contributed by atoms with E-state index in [1.807, 2.05) is 0 Å². The number of phenolic OH excluding ortho intramolecular Hbond substituents is 4. The molecule has 0 heterocycles. The van der Waals surface area contributed by atoms with Crippen LogP contribution in [0.15, 0.2) is 36.4 Å². The van der Waals surface area contributed by atoms with Crippen LogP contribution in [0, 0.1) is 0 Å². The smallest absolute Gasteiger partial charge is 0.306 e. The van der Waals surface area contributed by atoms with E-state index in [1.165, 1.54) is 24.3 Å². The van der Waals surface area contributed by atoms with Crippen molar-refractivity contribution in [2.75, 3.05) is 6.61 Å². The molecular formula is C17H18O6. The molecule has 2 rings (SSSR count). The van der Waals surface area contributed by atoms with Gasteiger partial charge in [0.2, 0.25) is 0 Å². The first-order valence-electron chi connectivity index (χ1n) is 7.13. The quantitative estimate of drug-likeness (QED) is 0.480. The normalized spacial score (nSPS) is 10.4. The standard InChI is InChI=1S/C17H18O6/c18-13-4-1-11(9-15(13)20)3-6-17(22)23-8-7-12-2-5-14(19)16(21)10-12/h1-2,4-5,9-10,18-21H,3,6-8H2. The summed E-state index contributed by atoms with van der Waals surface area (Å²) in [7, 11) is 0. The maximum atomic E-state index is 11.7. The Labute approximate surface area is 133 Å². The number of rotatable bonds is 6. The van der Waals surface area contributed by atoms with Crippen LogP contribution in [0.4, 0.5) is 0 Å². The van der Waals surface area contributed by atoms with Crippen molar-refractivity contribution in [3.05, 3.63) is 47.5 Å². The number of esters is 1. The predicted octanol–water partition coefficient (Wildman–Crippen LogP) is 2.23. The van der Waals surface area contributed by atoms with E-state index < -0.39 is 0 Å². The minimum Gasteiger partial charge on any atom is -0.504 e. The summed E-state index contributed by atoms with van der Waals surface area (Å²) >= 11 is 0. The maximum Gasteiger partial charge on any atom is 0.306 e. The van der Waals surface area contributed by atoms with E-state index in [0.717, 1.165) is 11.1 Å². The molecule has 0 unspecified atom stereocenters. The SMILES string of the molecule is O=C(CCc1ccc(O)c(O)c1)OCCc1ccc(O)c(O)c1. The van der Waals surface area contributed by atoms with Gasteiger partial charge in [0.1, 0.15) is 0 Å². The molecule has 0 saturated heterocycles. The topological polar surface area (TPSA) is 107 Å². The van der Waals surface area contributed by atoms with E-state index in [-0.39, 0.29) is 42.0 Å². The zero-order chi connectivity index (χ0) is 16.8. The van der Waals surface area contributed by atoms with Gasteiger partial charge in [-0.1, -0.05) is 12.1 Å². The van der Waals surface area contributed by atoms with Gasteiger partial charge in [0.25, 0.3) is 0 Å². The summed E-state index contributed by atoms with van der Waals surface area (Å²) in [6, 6.07) is 8.84. The zero-order valence-electron chi connectivity index (χ0n) is 12.4. The largest absolute Gasteiger partial charge is 0.504 e. The molecule has 0 fully saturated rings. The van der Waals surface area contributed by atoms with Gasteiger partial charge in [0.05, 0.1) is 6.61 Å². The van der Waals surface area contributed by atoms with Gasteiger partial charge in [-0.2, -0.15) is 0 Å². The van der Waals surface area contributed by atoms with Gasteiger partial charge in [-0.05, 0) is 41.8 Å². The Balaban J connectivity index is 1.74. The summed E-state index contributed by atoms with van der Waals surface area (Å²) in [5, 5.41) is 37.1. The lowest BCUT2D eigenvalue weighted by Gasteiger charge is -2.07. The molecule has 4 N–H and O–H groups in total. The number of aromatic hydroxyl groups is 4. The molecule has 0 spiro atoms. The third-order valence-corrected chi connectivity index (χ3v) is 3.35. The summed E-state index contributed by atoms with van der Waals surface area (Å²) in [4.78, 5) is 11.7. The lowest BCUT2D eigenvalue weighted by atomic mass is 10.1. The van der Waals surface area contributed by atoms with Crippen molar-refractivity contribution in [2.24, 2.45) is 0 Å². The van der Waals surface area contributed by atoms with E-state index in [1.54, 1.807) is 12.1 Å². The molecular weight excluding hydrogens is 300 g/mol. The van der Waals surface area contributed by atoms with Gasteiger partial charge < -0.3 is 25.2 Å². The number of hydrogen-bond donors (Lipinski definition) is 4. The molecule has 0 atom stereocenters. The number of aryl methyl sites for hydroxylation is 1. The first-order chi connectivity index (χ1) is 11.0. The van der Waals surface area contributed by atoms with Gasteiger partial charge in [0.15, 0.2) is 23.0 Å². The highest BCUT2D eigenvalue weighted by Gasteiger charge is 2.07. The Morgan fingerprint density at radius 3 is 1.83 bits per heavy atom. The molecule has 6 heteroatoms. The van der Waals surface area contributed by atoms with Crippen LogP contribution in [0.3, 0.4) is 0 Å². The van der Waals surface area contributed by atoms with Crippen LogP contribution in [0.1, 0.15) is 17.5 Å². The minimum absolute atomic E-state index is 0.158. The second-order valence-electron chi connectivity index (χ2n) is 5.12. The van der Waals surface area contributed by atoms with E-state index >= 15 is 0 Å². The highest BCUT2D eigenvalue weighted by Crippen LogP contribution is 2.26. The number of ether oxygens (including phenoxy) is 1. The van der Waals surface area contributed by atoms with Crippen LogP contribution in [0.25, 0.3) is 0 Å². The summed E-state index contributed by atoms with van der Waals surface area (Å²) in [5.74, 6) is -1.19. The molecule has 0 aliphatic heterocycles. The maximum absolute atomic E-state index is 11.7. The third kappa shape index (κ3) is 4.81. The van der Waals surface area contributed by atoms with Gasteiger partial charge in [-0.3, -0.25) is 4.79 Å². The third-order valence-electron chi connectivity index (χ3n) is 3.35. The Morgan fingerprint density at radius 2 is 1.30 bits per heavy atom. The number of benzene rings is 2. The van der Waals surface area contributed by atoms with Gasteiger partial charge in [-0.25, -0.2) is 0 Å². The van der Waals surface area contributed by atoms with Crippen LogP contribution in [0.5, 0.6) is 23.0 Å². The summed E-state index contributed by atoms with van der Waals surface area (Å²) < 4.78 is 5.10. The molecule has 2 aromatic rings.